The van der Waals surface area contributed by atoms with Crippen LogP contribution in [-0.4, -0.2) is 29.5 Å². The lowest BCUT2D eigenvalue weighted by Crippen LogP contribution is -2.23. The second kappa shape index (κ2) is 8.18. The second-order valence-electron chi connectivity index (χ2n) is 5.71. The molecule has 2 atom stereocenters. The highest BCUT2D eigenvalue weighted by Crippen LogP contribution is 2.29. The van der Waals surface area contributed by atoms with Crippen molar-refractivity contribution in [2.24, 2.45) is 0 Å². The summed E-state index contributed by atoms with van der Waals surface area (Å²) in [6.07, 6.45) is 0. The number of para-hydroxylation sites is 1. The maximum atomic E-state index is 12.4. The van der Waals surface area contributed by atoms with Crippen LogP contribution < -0.4 is 4.74 Å². The molecule has 0 aliphatic rings. The van der Waals surface area contributed by atoms with Gasteiger partial charge in [-0.1, -0.05) is 49.0 Å². The lowest BCUT2D eigenvalue weighted by Gasteiger charge is -2.20. The first-order chi connectivity index (χ1) is 11.0. The lowest BCUT2D eigenvalue weighted by atomic mass is 10.0. The Kier molecular flexibility index (Phi) is 6.25. The molecule has 0 aliphatic heterocycles. The molecule has 1 unspecified atom stereocenters. The molecule has 0 N–H and O–H groups in total. The predicted octanol–water partition coefficient (Wildman–Crippen LogP) is 4.75. The van der Waals surface area contributed by atoms with Gasteiger partial charge in [-0.15, -0.1) is 0 Å². The average molecular weight is 329 g/mol. The molecular weight excluding hydrogens is 306 g/mol. The number of thioether (sulfide) groups is 1. The molecule has 2 rings (SSSR count). The van der Waals surface area contributed by atoms with Crippen molar-refractivity contribution in [1.82, 2.24) is 4.90 Å². The molecule has 0 spiro atoms. The van der Waals surface area contributed by atoms with Crippen LogP contribution in [-0.2, 0) is 4.79 Å². The summed E-state index contributed by atoms with van der Waals surface area (Å²) >= 11 is 1.37. The molecule has 0 saturated carbocycles. The summed E-state index contributed by atoms with van der Waals surface area (Å²) in [4.78, 5) is 14.5. The van der Waals surface area contributed by atoms with E-state index in [1.807, 2.05) is 87.4 Å². The number of carbonyl (C=O) groups is 1. The van der Waals surface area contributed by atoms with E-state index in [4.69, 9.17) is 4.74 Å². The highest BCUT2D eigenvalue weighted by molar-refractivity contribution is 8.14. The number of hydrogen-bond donors (Lipinski definition) is 0. The second-order valence-corrected chi connectivity index (χ2v) is 7.03. The fourth-order valence-electron chi connectivity index (χ4n) is 1.98. The van der Waals surface area contributed by atoms with Gasteiger partial charge in [0.2, 0.25) is 0 Å². The van der Waals surface area contributed by atoms with Gasteiger partial charge in [0.25, 0.3) is 0 Å². The monoisotopic (exact) mass is 329 g/mol. The van der Waals surface area contributed by atoms with Crippen LogP contribution in [0.15, 0.2) is 54.6 Å². The van der Waals surface area contributed by atoms with Crippen LogP contribution in [0, 0.1) is 0 Å². The fourth-order valence-corrected chi connectivity index (χ4v) is 2.87. The van der Waals surface area contributed by atoms with Gasteiger partial charge in [0.15, 0.2) is 5.12 Å². The van der Waals surface area contributed by atoms with Crippen molar-refractivity contribution >= 4 is 16.9 Å². The highest BCUT2D eigenvalue weighted by Gasteiger charge is 2.20. The van der Waals surface area contributed by atoms with Crippen LogP contribution >= 0.6 is 11.8 Å². The molecule has 4 heteroatoms. The van der Waals surface area contributed by atoms with E-state index >= 15 is 0 Å². The van der Waals surface area contributed by atoms with Gasteiger partial charge < -0.3 is 4.74 Å². The van der Waals surface area contributed by atoms with E-state index < -0.39 is 0 Å². The van der Waals surface area contributed by atoms with E-state index in [0.717, 1.165) is 17.1 Å². The number of hydrogen-bond acceptors (Lipinski definition) is 4. The van der Waals surface area contributed by atoms with E-state index in [0.29, 0.717) is 0 Å². The Labute approximate surface area is 142 Å². The number of carbonyl (C=O) groups excluding carboxylic acids is 1. The normalized spacial score (nSPS) is 13.6. The van der Waals surface area contributed by atoms with Crippen LogP contribution in [0.3, 0.4) is 0 Å². The van der Waals surface area contributed by atoms with Crippen molar-refractivity contribution in [3.05, 3.63) is 60.2 Å². The Morgan fingerprint density at radius 2 is 1.65 bits per heavy atom. The number of rotatable bonds is 6. The third-order valence-corrected chi connectivity index (χ3v) is 5.05. The van der Waals surface area contributed by atoms with E-state index in [2.05, 4.69) is 0 Å². The van der Waals surface area contributed by atoms with Crippen molar-refractivity contribution in [3.63, 3.8) is 0 Å². The van der Waals surface area contributed by atoms with Gasteiger partial charge in [-0.3, -0.25) is 9.69 Å². The van der Waals surface area contributed by atoms with E-state index in [1.165, 1.54) is 11.8 Å². The van der Waals surface area contributed by atoms with E-state index in [1.54, 1.807) is 0 Å². The number of nitrogens with zero attached hydrogens (tertiary/aromatic N) is 1. The molecule has 0 radical (unpaired) electrons. The van der Waals surface area contributed by atoms with Gasteiger partial charge >= 0.3 is 0 Å². The summed E-state index contributed by atoms with van der Waals surface area (Å²) in [5.41, 5.74) is 0.974. The smallest absolute Gasteiger partial charge is 0.197 e. The molecular formula is C19H23NO2S. The van der Waals surface area contributed by atoms with Gasteiger partial charge in [-0.25, -0.2) is 0 Å². The van der Waals surface area contributed by atoms with E-state index in [9.17, 15) is 4.79 Å². The largest absolute Gasteiger partial charge is 0.457 e. The minimum absolute atomic E-state index is 0.161. The van der Waals surface area contributed by atoms with Crippen LogP contribution in [0.4, 0.5) is 0 Å². The Morgan fingerprint density at radius 1 is 1.00 bits per heavy atom. The van der Waals surface area contributed by atoms with Gasteiger partial charge in [-0.05, 0) is 50.8 Å². The summed E-state index contributed by atoms with van der Waals surface area (Å²) in [5, 5.41) is 0.330. The predicted molar refractivity (Wildman–Crippen MR) is 97.1 cm³/mol. The Hall–Kier alpha value is -1.78. The number of benzene rings is 2. The first-order valence-corrected chi connectivity index (χ1v) is 8.55. The van der Waals surface area contributed by atoms with Crippen LogP contribution in [0.1, 0.15) is 25.3 Å². The van der Waals surface area contributed by atoms with Crippen molar-refractivity contribution in [2.75, 3.05) is 14.1 Å². The summed E-state index contributed by atoms with van der Waals surface area (Å²) in [6.45, 7) is 3.98. The minimum atomic E-state index is -0.165. The van der Waals surface area contributed by atoms with Gasteiger partial charge in [0.1, 0.15) is 11.5 Å². The molecule has 0 amide bonds. The third-order valence-electron chi connectivity index (χ3n) is 3.70. The summed E-state index contributed by atoms with van der Waals surface area (Å²) in [5.74, 6) is 1.37. The van der Waals surface area contributed by atoms with Crippen molar-refractivity contribution < 1.29 is 9.53 Å². The van der Waals surface area contributed by atoms with Gasteiger partial charge in [0, 0.05) is 0 Å². The Morgan fingerprint density at radius 3 is 2.30 bits per heavy atom. The van der Waals surface area contributed by atoms with Crippen molar-refractivity contribution in [1.29, 1.82) is 0 Å². The summed E-state index contributed by atoms with van der Waals surface area (Å²) in [7, 11) is 3.95. The fraction of sp³-hybridized carbons (Fsp3) is 0.316. The third kappa shape index (κ3) is 5.12. The standard InChI is InChI=1S/C19H23NO2S/c1-14(19(21)23-15(2)20(3)4)16-9-8-12-18(13-16)22-17-10-6-5-7-11-17/h5-15H,1-4H3/t14?,15-/m0/s1. The minimum Gasteiger partial charge on any atom is -0.457 e. The van der Waals surface area contributed by atoms with Gasteiger partial charge in [0.05, 0.1) is 11.3 Å². The Bertz CT molecular complexity index is 643. The molecule has 3 nitrogen and oxygen atoms in total. The Balaban J connectivity index is 2.08. The molecule has 0 aliphatic carbocycles. The molecule has 2 aromatic rings. The molecule has 122 valence electrons. The quantitative estimate of drug-likeness (QED) is 0.715. The summed E-state index contributed by atoms with van der Waals surface area (Å²) in [6, 6.07) is 17.4. The lowest BCUT2D eigenvalue weighted by molar-refractivity contribution is -0.112. The molecule has 0 aromatic heterocycles. The van der Waals surface area contributed by atoms with Crippen molar-refractivity contribution in [3.8, 4) is 11.5 Å². The molecule has 0 saturated heterocycles. The van der Waals surface area contributed by atoms with Crippen LogP contribution in [0.2, 0.25) is 0 Å². The first-order valence-electron chi connectivity index (χ1n) is 7.67. The maximum Gasteiger partial charge on any atom is 0.197 e. The molecule has 0 bridgehead atoms. The zero-order valence-electron chi connectivity index (χ0n) is 14.0. The zero-order valence-corrected chi connectivity index (χ0v) is 14.8. The highest BCUT2D eigenvalue weighted by atomic mass is 32.2. The zero-order chi connectivity index (χ0) is 16.8. The molecule has 0 heterocycles. The number of ether oxygens (including phenoxy) is 1. The van der Waals surface area contributed by atoms with Crippen LogP contribution in [0.5, 0.6) is 11.5 Å². The maximum absolute atomic E-state index is 12.4. The van der Waals surface area contributed by atoms with Gasteiger partial charge in [-0.2, -0.15) is 0 Å². The van der Waals surface area contributed by atoms with E-state index in [-0.39, 0.29) is 16.4 Å². The SMILES string of the molecule is CC(C(=O)S[C@@H](C)N(C)C)c1cccc(Oc2ccccc2)c1. The molecule has 0 fully saturated rings. The topological polar surface area (TPSA) is 29.5 Å². The average Bonchev–Trinajstić information content (AvgIpc) is 2.55. The molecule has 23 heavy (non-hydrogen) atoms. The van der Waals surface area contributed by atoms with Crippen LogP contribution in [0.25, 0.3) is 0 Å². The summed E-state index contributed by atoms with van der Waals surface area (Å²) < 4.78 is 5.84. The molecule has 2 aromatic carbocycles. The first kappa shape index (κ1) is 17.6. The van der Waals surface area contributed by atoms with Crippen molar-refractivity contribution in [2.45, 2.75) is 25.1 Å².